The van der Waals surface area contributed by atoms with E-state index in [2.05, 4.69) is 0 Å². The number of hydrogen-bond donors (Lipinski definition) is 0. The van der Waals surface area contributed by atoms with E-state index in [1.165, 1.54) is 40.1 Å². The standard InChI is InChI=1S/C65H34O8S4/c66-54-45-23-39-19-35-15-7-8-16-36(35)20-40(39)24-46(45)55(67)49(54)27-43-28-51-53(65(43,63(70)72-31-33-11-3-1-4-12-33)64(71)73-32-34-13-5-2-6-14-34)59-61(75-51)62-60(77-59)58-52(76-62)30-44(74-58)29-50-56(68)47-25-41-21-37-17-9-10-18-38(37)22-42(41)26-48(47)57(50)69/h1-30H,31-32H2. The Morgan fingerprint density at radius 1 is 0.416 bits per heavy atom. The summed E-state index contributed by atoms with van der Waals surface area (Å²) in [5, 5.41) is 7.46. The second kappa shape index (κ2) is 17.1. The van der Waals surface area contributed by atoms with E-state index in [0.717, 1.165) is 71.5 Å². The predicted octanol–water partition coefficient (Wildman–Crippen LogP) is 15.6. The molecular weight excluding hydrogens is 1040 g/mol. The molecule has 0 unspecified atom stereocenters. The van der Waals surface area contributed by atoms with E-state index >= 15 is 9.59 Å². The van der Waals surface area contributed by atoms with Crippen LogP contribution in [0.25, 0.3) is 83.4 Å². The SMILES string of the molecule is O=C1C(=CC2=Cc3sc4c(sc5c6sc(C=C7C(=O)c8cc9cc%10ccccc%10cc9cc8C7=O)cc6sc45)c3C2(C(=O)OCc2ccccc2)C(=O)OCc2ccccc2)C(=O)c2cc3cc4ccccc4cc3cc21. The molecule has 3 aliphatic rings. The minimum atomic E-state index is -2.27. The number of carbonyl (C=O) groups is 6. The first-order valence-corrected chi connectivity index (χ1v) is 28.0. The molecule has 3 aliphatic carbocycles. The fourth-order valence-electron chi connectivity index (χ4n) is 11.2. The Hall–Kier alpha value is -8.78. The number of benzene rings is 8. The van der Waals surface area contributed by atoms with Crippen molar-refractivity contribution in [2.24, 2.45) is 0 Å². The monoisotopic (exact) mass is 1070 g/mol. The zero-order valence-electron chi connectivity index (χ0n) is 40.1. The highest BCUT2D eigenvalue weighted by atomic mass is 32.1. The van der Waals surface area contributed by atoms with Gasteiger partial charge in [0.05, 0.1) is 34.6 Å². The summed E-state index contributed by atoms with van der Waals surface area (Å²) in [4.78, 5) is 89.6. The molecule has 0 bridgehead atoms. The van der Waals surface area contributed by atoms with Gasteiger partial charge in [-0.2, -0.15) is 0 Å². The molecule has 0 saturated heterocycles. The van der Waals surface area contributed by atoms with Crippen molar-refractivity contribution in [1.29, 1.82) is 0 Å². The first-order chi connectivity index (χ1) is 37.6. The van der Waals surface area contributed by atoms with Gasteiger partial charge in [-0.05, 0) is 133 Å². The van der Waals surface area contributed by atoms with Crippen molar-refractivity contribution in [1.82, 2.24) is 0 Å². The van der Waals surface area contributed by atoms with Gasteiger partial charge in [0.25, 0.3) is 0 Å². The smallest absolute Gasteiger partial charge is 0.333 e. The summed E-state index contributed by atoms with van der Waals surface area (Å²) in [7, 11) is 0. The van der Waals surface area contributed by atoms with Crippen molar-refractivity contribution in [3.63, 3.8) is 0 Å². The summed E-state index contributed by atoms with van der Waals surface area (Å²) in [5.41, 5.74) is 0.779. The van der Waals surface area contributed by atoms with Crippen LogP contribution in [0.1, 0.15) is 67.9 Å². The van der Waals surface area contributed by atoms with Crippen LogP contribution in [0.5, 0.6) is 0 Å². The molecule has 0 radical (unpaired) electrons. The van der Waals surface area contributed by atoms with Crippen molar-refractivity contribution in [3.05, 3.63) is 235 Å². The Morgan fingerprint density at radius 3 is 1.30 bits per heavy atom. The van der Waals surface area contributed by atoms with Gasteiger partial charge in [-0.1, -0.05) is 109 Å². The van der Waals surface area contributed by atoms with Crippen LogP contribution in [0.2, 0.25) is 0 Å². The molecule has 77 heavy (non-hydrogen) atoms. The van der Waals surface area contributed by atoms with Gasteiger partial charge in [-0.15, -0.1) is 45.3 Å². The summed E-state index contributed by atoms with van der Waals surface area (Å²) in [6, 6.07) is 51.4. The number of thiophene rings is 4. The highest BCUT2D eigenvalue weighted by Gasteiger charge is 2.59. The zero-order chi connectivity index (χ0) is 51.8. The maximum atomic E-state index is 15.5. The minimum absolute atomic E-state index is 0.0941. The largest absolute Gasteiger partial charge is 0.459 e. The number of allylic oxidation sites excluding steroid dienone is 3. The third-order valence-electron chi connectivity index (χ3n) is 15.0. The van der Waals surface area contributed by atoms with E-state index in [9.17, 15) is 19.2 Å². The molecule has 4 aromatic heterocycles. The Labute approximate surface area is 453 Å². The number of fused-ring (bicyclic) bond motifs is 13. The molecule has 4 heterocycles. The van der Waals surface area contributed by atoms with Crippen LogP contribution in [0, 0.1) is 0 Å². The number of ether oxygens (including phenoxy) is 2. The van der Waals surface area contributed by atoms with E-state index in [4.69, 9.17) is 9.47 Å². The van der Waals surface area contributed by atoms with Gasteiger partial charge in [0.2, 0.25) is 5.41 Å². The summed E-state index contributed by atoms with van der Waals surface area (Å²) < 4.78 is 17.7. The second-order valence-corrected chi connectivity index (χ2v) is 23.7. The number of carbonyl (C=O) groups excluding carboxylic acids is 6. The van der Waals surface area contributed by atoms with Crippen LogP contribution < -0.4 is 0 Å². The van der Waals surface area contributed by atoms with Crippen LogP contribution >= 0.6 is 45.3 Å². The number of esters is 2. The van der Waals surface area contributed by atoms with Crippen LogP contribution in [0.3, 0.4) is 0 Å². The fraction of sp³-hybridized carbons (Fsp3) is 0.0462. The molecule has 366 valence electrons. The average Bonchev–Trinajstić information content (AvgIpc) is 4.40. The number of rotatable bonds is 8. The molecule has 8 nitrogen and oxygen atoms in total. The third-order valence-corrected chi connectivity index (χ3v) is 20.3. The first kappa shape index (κ1) is 45.6. The highest BCUT2D eigenvalue weighted by Crippen LogP contribution is 2.58. The van der Waals surface area contributed by atoms with Crippen LogP contribution in [0.4, 0.5) is 0 Å². The minimum Gasteiger partial charge on any atom is -0.459 e. The van der Waals surface area contributed by atoms with E-state index in [-0.39, 0.29) is 52.6 Å². The Balaban J connectivity index is 0.859. The molecule has 0 spiro atoms. The topological polar surface area (TPSA) is 121 Å². The predicted molar refractivity (Wildman–Crippen MR) is 309 cm³/mol. The normalized spacial score (nSPS) is 14.7. The fourth-order valence-corrected chi connectivity index (χ4v) is 17.1. The van der Waals surface area contributed by atoms with Gasteiger partial charge in [-0.25, -0.2) is 0 Å². The van der Waals surface area contributed by atoms with Gasteiger partial charge < -0.3 is 9.47 Å². The Kier molecular flexibility index (Phi) is 10.1. The third kappa shape index (κ3) is 6.92. The lowest BCUT2D eigenvalue weighted by Gasteiger charge is -2.28. The molecule has 15 rings (SSSR count). The highest BCUT2D eigenvalue weighted by molar-refractivity contribution is 7.44. The zero-order valence-corrected chi connectivity index (χ0v) is 43.4. The molecule has 0 amide bonds. The van der Waals surface area contributed by atoms with Gasteiger partial charge in [-0.3, -0.25) is 28.8 Å². The molecule has 0 aliphatic heterocycles. The number of ketones is 4. The number of Topliss-reactive ketones (excluding diaryl/α,β-unsaturated/α-hetero) is 4. The maximum Gasteiger partial charge on any atom is 0.333 e. The summed E-state index contributed by atoms with van der Waals surface area (Å²) in [5.74, 6) is -3.47. The lowest BCUT2D eigenvalue weighted by molar-refractivity contribution is -0.164. The molecule has 0 N–H and O–H groups in total. The van der Waals surface area contributed by atoms with E-state index in [1.54, 1.807) is 35.6 Å². The molecule has 8 aromatic carbocycles. The molecular formula is C65H34O8S4. The Morgan fingerprint density at radius 2 is 0.831 bits per heavy atom. The summed E-state index contributed by atoms with van der Waals surface area (Å²) in [6.45, 7) is -0.331. The Bertz CT molecular complexity index is 4600. The molecule has 12 aromatic rings. The van der Waals surface area contributed by atoms with E-state index in [0.29, 0.717) is 37.4 Å². The number of hydrogen-bond acceptors (Lipinski definition) is 12. The lowest BCUT2D eigenvalue weighted by atomic mass is 9.76. The summed E-state index contributed by atoms with van der Waals surface area (Å²) >= 11 is 5.88. The second-order valence-electron chi connectivity index (χ2n) is 19.5. The van der Waals surface area contributed by atoms with Crippen molar-refractivity contribution >= 4 is 164 Å². The van der Waals surface area contributed by atoms with Crippen LogP contribution in [-0.4, -0.2) is 35.1 Å². The van der Waals surface area contributed by atoms with Gasteiger partial charge in [0.1, 0.15) is 13.2 Å². The molecule has 0 fully saturated rings. The van der Waals surface area contributed by atoms with E-state index < -0.39 is 28.9 Å². The first-order valence-electron chi connectivity index (χ1n) is 24.7. The molecule has 12 heteroatoms. The van der Waals surface area contributed by atoms with Gasteiger partial charge >= 0.3 is 11.9 Å². The van der Waals surface area contributed by atoms with E-state index in [1.807, 2.05) is 152 Å². The average molecular weight is 1070 g/mol. The van der Waals surface area contributed by atoms with Crippen LogP contribution in [0.15, 0.2) is 187 Å². The maximum absolute atomic E-state index is 15.5. The quantitative estimate of drug-likeness (QED) is 0.0485. The van der Waals surface area contributed by atoms with Gasteiger partial charge in [0, 0.05) is 42.3 Å². The van der Waals surface area contributed by atoms with Crippen molar-refractivity contribution in [2.45, 2.75) is 18.6 Å². The van der Waals surface area contributed by atoms with Crippen LogP contribution in [-0.2, 0) is 37.7 Å². The molecule has 0 atom stereocenters. The van der Waals surface area contributed by atoms with Gasteiger partial charge in [0.15, 0.2) is 23.1 Å². The van der Waals surface area contributed by atoms with Crippen molar-refractivity contribution < 1.29 is 38.2 Å². The summed E-state index contributed by atoms with van der Waals surface area (Å²) in [6.07, 6.45) is 4.82. The van der Waals surface area contributed by atoms with Crippen molar-refractivity contribution in [3.8, 4) is 0 Å². The molecule has 0 saturated carbocycles. The lowest BCUT2D eigenvalue weighted by Crippen LogP contribution is -2.46. The van der Waals surface area contributed by atoms with Crippen molar-refractivity contribution in [2.75, 3.05) is 0 Å².